The molecule has 1 aliphatic heterocycles. The summed E-state index contributed by atoms with van der Waals surface area (Å²) in [5.41, 5.74) is 8.05. The number of para-hydroxylation sites is 2. The Hall–Kier alpha value is -3.23. The largest absolute Gasteiger partial charge is 0.488 e. The van der Waals surface area contributed by atoms with Crippen LogP contribution >= 0.6 is 0 Å². The van der Waals surface area contributed by atoms with Crippen molar-refractivity contribution >= 4 is 17.6 Å². The van der Waals surface area contributed by atoms with E-state index in [4.69, 9.17) is 10.5 Å². The van der Waals surface area contributed by atoms with Crippen molar-refractivity contribution in [3.63, 3.8) is 0 Å². The van der Waals surface area contributed by atoms with E-state index < -0.39 is 0 Å². The fourth-order valence-electron chi connectivity index (χ4n) is 3.84. The highest BCUT2D eigenvalue weighted by Gasteiger charge is 2.24. The van der Waals surface area contributed by atoms with Gasteiger partial charge < -0.3 is 25.6 Å². The minimum absolute atomic E-state index is 0.253. The van der Waals surface area contributed by atoms with Gasteiger partial charge in [0.25, 0.3) is 0 Å². The van der Waals surface area contributed by atoms with Crippen LogP contribution < -0.4 is 25.6 Å². The Morgan fingerprint density at radius 3 is 2.39 bits per heavy atom. The summed E-state index contributed by atoms with van der Waals surface area (Å²) < 4.78 is 5.84. The number of aromatic nitrogens is 3. The number of nitrogens with zero attached hydrogens (tertiary/aromatic N) is 3. The van der Waals surface area contributed by atoms with Crippen LogP contribution in [-0.4, -0.2) is 54.3 Å². The first-order valence-electron chi connectivity index (χ1n) is 10.8. The fraction of sp³-hybridized carbons (Fsp3) is 0.348. The highest BCUT2D eigenvalue weighted by atomic mass is 16.5. The number of piperazine rings is 1. The zero-order valence-corrected chi connectivity index (χ0v) is 18.0. The molecule has 3 aromatic rings. The smallest absolute Gasteiger partial charge is 0.232 e. The molecule has 4 rings (SSSR count). The third-order valence-electron chi connectivity index (χ3n) is 5.63. The molecule has 0 saturated carbocycles. The number of benzene rings is 2. The van der Waals surface area contributed by atoms with E-state index in [1.54, 1.807) is 4.90 Å². The number of aryl methyl sites for hydroxylation is 1. The van der Waals surface area contributed by atoms with Crippen molar-refractivity contribution in [1.29, 1.82) is 0 Å². The SMILES string of the molecule is Cc1ccccc1Nc1nc(N)nc(C[NH+]2CC[NH+](CCOc3ccccc3)CC2)n1. The monoisotopic (exact) mass is 421 g/mol. The van der Waals surface area contributed by atoms with Crippen LogP contribution in [0.15, 0.2) is 54.6 Å². The molecular weight excluding hydrogens is 390 g/mol. The van der Waals surface area contributed by atoms with Gasteiger partial charge in [-0.2, -0.15) is 15.0 Å². The summed E-state index contributed by atoms with van der Waals surface area (Å²) in [6, 6.07) is 18.0. The van der Waals surface area contributed by atoms with Crippen LogP contribution in [-0.2, 0) is 6.54 Å². The second kappa shape index (κ2) is 10.2. The van der Waals surface area contributed by atoms with Crippen LogP contribution in [0.25, 0.3) is 0 Å². The molecule has 1 saturated heterocycles. The Morgan fingerprint density at radius 1 is 0.903 bits per heavy atom. The third kappa shape index (κ3) is 6.13. The Kier molecular flexibility index (Phi) is 6.91. The van der Waals surface area contributed by atoms with E-state index in [2.05, 4.69) is 20.3 Å². The van der Waals surface area contributed by atoms with E-state index in [1.807, 2.05) is 61.5 Å². The van der Waals surface area contributed by atoms with Crippen LogP contribution in [0.2, 0.25) is 0 Å². The average Bonchev–Trinajstić information content (AvgIpc) is 2.77. The minimum atomic E-state index is 0.253. The van der Waals surface area contributed by atoms with E-state index in [0.29, 0.717) is 5.95 Å². The number of ether oxygens (including phenoxy) is 1. The van der Waals surface area contributed by atoms with Crippen LogP contribution in [0.5, 0.6) is 5.75 Å². The molecule has 5 N–H and O–H groups in total. The second-order valence-corrected chi connectivity index (χ2v) is 7.96. The third-order valence-corrected chi connectivity index (χ3v) is 5.63. The first-order valence-corrected chi connectivity index (χ1v) is 10.8. The molecule has 8 heteroatoms. The van der Waals surface area contributed by atoms with Crippen molar-refractivity contribution in [1.82, 2.24) is 15.0 Å². The van der Waals surface area contributed by atoms with Gasteiger partial charge in [-0.3, -0.25) is 0 Å². The van der Waals surface area contributed by atoms with E-state index >= 15 is 0 Å². The lowest BCUT2D eigenvalue weighted by Gasteiger charge is -2.29. The quantitative estimate of drug-likeness (QED) is 0.405. The number of anilines is 3. The number of nitrogens with two attached hydrogens (primary N) is 1. The van der Waals surface area contributed by atoms with Gasteiger partial charge >= 0.3 is 0 Å². The van der Waals surface area contributed by atoms with Gasteiger partial charge in [0.1, 0.15) is 51.6 Å². The number of nitrogens with one attached hydrogen (secondary N) is 3. The van der Waals surface area contributed by atoms with Crippen LogP contribution in [0.1, 0.15) is 11.4 Å². The maximum atomic E-state index is 5.95. The molecule has 0 atom stereocenters. The molecule has 1 aromatic heterocycles. The number of quaternary nitrogens is 2. The maximum absolute atomic E-state index is 5.95. The summed E-state index contributed by atoms with van der Waals surface area (Å²) in [5.74, 6) is 2.42. The van der Waals surface area contributed by atoms with Gasteiger partial charge in [0, 0.05) is 5.69 Å². The normalized spacial score (nSPS) is 18.5. The number of nitrogen functional groups attached to an aromatic ring is 1. The van der Waals surface area contributed by atoms with Crippen LogP contribution in [0.4, 0.5) is 17.6 Å². The van der Waals surface area contributed by atoms with Crippen molar-refractivity contribution < 1.29 is 14.5 Å². The maximum Gasteiger partial charge on any atom is 0.232 e. The van der Waals surface area contributed by atoms with Crippen molar-refractivity contribution in [3.05, 3.63) is 66.0 Å². The molecule has 1 fully saturated rings. The van der Waals surface area contributed by atoms with Gasteiger partial charge in [0.05, 0.1) is 0 Å². The van der Waals surface area contributed by atoms with Gasteiger partial charge in [0.2, 0.25) is 11.9 Å². The summed E-state index contributed by atoms with van der Waals surface area (Å²) in [6.07, 6.45) is 0. The summed E-state index contributed by atoms with van der Waals surface area (Å²) in [5, 5.41) is 3.26. The van der Waals surface area contributed by atoms with Crippen molar-refractivity contribution in [2.75, 3.05) is 50.4 Å². The summed E-state index contributed by atoms with van der Waals surface area (Å²) in [4.78, 5) is 16.3. The lowest BCUT2D eigenvalue weighted by Crippen LogP contribution is -3.27. The predicted molar refractivity (Wildman–Crippen MR) is 121 cm³/mol. The summed E-state index contributed by atoms with van der Waals surface area (Å²) in [7, 11) is 0. The van der Waals surface area contributed by atoms with Crippen molar-refractivity contribution in [2.24, 2.45) is 0 Å². The number of hydrogen-bond donors (Lipinski definition) is 4. The molecule has 0 unspecified atom stereocenters. The zero-order chi connectivity index (χ0) is 21.5. The molecule has 2 heterocycles. The van der Waals surface area contributed by atoms with Gasteiger partial charge in [-0.15, -0.1) is 0 Å². The van der Waals surface area contributed by atoms with Crippen molar-refractivity contribution in [3.8, 4) is 5.75 Å². The fourth-order valence-corrected chi connectivity index (χ4v) is 3.84. The standard InChI is InChI=1S/C23H29N7O/c1-18-7-5-6-10-20(18)25-23-27-21(26-22(24)28-23)17-30-13-11-29(12-14-30)15-16-31-19-8-3-2-4-9-19/h2-10H,11-17H2,1H3,(H3,24,25,26,27,28)/p+2. The van der Waals surface area contributed by atoms with Crippen molar-refractivity contribution in [2.45, 2.75) is 13.5 Å². The minimum Gasteiger partial charge on any atom is -0.488 e. The molecule has 0 bridgehead atoms. The van der Waals surface area contributed by atoms with Gasteiger partial charge in [0.15, 0.2) is 5.82 Å². The first kappa shape index (κ1) is 21.0. The summed E-state index contributed by atoms with van der Waals surface area (Å²) in [6.45, 7) is 8.94. The number of hydrogen-bond acceptors (Lipinski definition) is 6. The molecule has 8 nitrogen and oxygen atoms in total. The lowest BCUT2D eigenvalue weighted by atomic mass is 10.2. The Bertz CT molecular complexity index is 975. The molecule has 31 heavy (non-hydrogen) atoms. The molecule has 2 aromatic carbocycles. The molecule has 1 aliphatic rings. The summed E-state index contributed by atoms with van der Waals surface area (Å²) >= 11 is 0. The highest BCUT2D eigenvalue weighted by Crippen LogP contribution is 2.17. The van der Waals surface area contributed by atoms with E-state index in [0.717, 1.165) is 68.7 Å². The highest BCUT2D eigenvalue weighted by molar-refractivity contribution is 5.58. The average molecular weight is 422 g/mol. The Balaban J connectivity index is 1.26. The Labute approximate surface area is 183 Å². The van der Waals surface area contributed by atoms with Gasteiger partial charge in [-0.05, 0) is 30.7 Å². The first-order chi connectivity index (χ1) is 15.2. The molecule has 0 radical (unpaired) electrons. The Morgan fingerprint density at radius 2 is 1.61 bits per heavy atom. The van der Waals surface area contributed by atoms with Crippen LogP contribution in [0.3, 0.4) is 0 Å². The number of rotatable bonds is 8. The molecule has 0 spiro atoms. The van der Waals surface area contributed by atoms with Gasteiger partial charge in [-0.25, -0.2) is 0 Å². The molecule has 162 valence electrons. The van der Waals surface area contributed by atoms with E-state index in [1.165, 1.54) is 4.90 Å². The van der Waals surface area contributed by atoms with Crippen LogP contribution in [0, 0.1) is 6.92 Å². The van der Waals surface area contributed by atoms with Gasteiger partial charge in [-0.1, -0.05) is 36.4 Å². The predicted octanol–water partition coefficient (Wildman–Crippen LogP) is -0.132. The second-order valence-electron chi connectivity index (χ2n) is 7.96. The molecule has 0 amide bonds. The van der Waals surface area contributed by atoms with E-state index in [9.17, 15) is 0 Å². The lowest BCUT2D eigenvalue weighted by molar-refractivity contribution is -1.02. The zero-order valence-electron chi connectivity index (χ0n) is 18.0. The molecule has 0 aliphatic carbocycles. The molecular formula is C23H31N7O+2. The van der Waals surface area contributed by atoms with E-state index in [-0.39, 0.29) is 5.95 Å². The topological polar surface area (TPSA) is 94.8 Å².